The highest BCUT2D eigenvalue weighted by atomic mass is 79.9. The quantitative estimate of drug-likeness (QED) is 0.533. The van der Waals surface area contributed by atoms with Gasteiger partial charge in [0.15, 0.2) is 0 Å². The van der Waals surface area contributed by atoms with E-state index in [9.17, 15) is 0 Å². The first-order chi connectivity index (χ1) is 10.0. The molecule has 0 aliphatic carbocycles. The molecule has 21 heavy (non-hydrogen) atoms. The highest BCUT2D eigenvalue weighted by Gasteiger charge is 2.15. The number of nitrogens with one attached hydrogen (secondary N) is 1. The van der Waals surface area contributed by atoms with E-state index in [0.717, 1.165) is 32.2 Å². The maximum absolute atomic E-state index is 5.98. The summed E-state index contributed by atoms with van der Waals surface area (Å²) in [6.45, 7) is 0. The number of nitrogens with two attached hydrogens (primary N) is 1. The molecule has 3 N–H and O–H groups in total. The van der Waals surface area contributed by atoms with Crippen molar-refractivity contribution in [1.82, 2.24) is 5.43 Å². The summed E-state index contributed by atoms with van der Waals surface area (Å²) in [6, 6.07) is 11.7. The van der Waals surface area contributed by atoms with Gasteiger partial charge in [0.1, 0.15) is 5.75 Å². The van der Waals surface area contributed by atoms with Crippen LogP contribution in [0.15, 0.2) is 45.3 Å². The van der Waals surface area contributed by atoms with E-state index in [1.807, 2.05) is 36.4 Å². The molecule has 0 saturated heterocycles. The molecule has 0 amide bonds. The van der Waals surface area contributed by atoms with E-state index >= 15 is 0 Å². The Bertz CT molecular complexity index is 637. The zero-order valence-corrected chi connectivity index (χ0v) is 15.3. The fourth-order valence-electron chi connectivity index (χ4n) is 2.12. The first kappa shape index (κ1) is 16.8. The topological polar surface area (TPSA) is 47.3 Å². The third kappa shape index (κ3) is 4.20. The summed E-state index contributed by atoms with van der Waals surface area (Å²) in [7, 11) is 1.65. The van der Waals surface area contributed by atoms with Gasteiger partial charge in [-0.1, -0.05) is 39.7 Å². The molecule has 112 valence electrons. The molecule has 0 heterocycles. The van der Waals surface area contributed by atoms with Crippen molar-refractivity contribution in [3.05, 3.63) is 61.5 Å². The molecule has 0 fully saturated rings. The lowest BCUT2D eigenvalue weighted by molar-refractivity contribution is 0.412. The fraction of sp³-hybridized carbons (Fsp3) is 0.200. The zero-order valence-electron chi connectivity index (χ0n) is 11.4. The lowest BCUT2D eigenvalue weighted by Gasteiger charge is -2.18. The number of rotatable bonds is 5. The number of ether oxygens (including phenoxy) is 1. The first-order valence-corrected chi connectivity index (χ1v) is 8.25. The van der Waals surface area contributed by atoms with Gasteiger partial charge in [-0.15, -0.1) is 0 Å². The Hall–Kier alpha value is -0.590. The summed E-state index contributed by atoms with van der Waals surface area (Å²) in [5, 5.41) is 0.689. The Morgan fingerprint density at radius 3 is 2.52 bits per heavy atom. The minimum absolute atomic E-state index is 0.0167. The molecule has 1 unspecified atom stereocenters. The van der Waals surface area contributed by atoms with E-state index < -0.39 is 0 Å². The molecule has 2 rings (SSSR count). The van der Waals surface area contributed by atoms with Gasteiger partial charge >= 0.3 is 0 Å². The first-order valence-electron chi connectivity index (χ1n) is 6.28. The van der Waals surface area contributed by atoms with Crippen molar-refractivity contribution in [3.8, 4) is 5.75 Å². The molecular formula is C15H15Br2ClN2O. The van der Waals surface area contributed by atoms with Crippen LogP contribution in [0.25, 0.3) is 0 Å². The van der Waals surface area contributed by atoms with Gasteiger partial charge in [-0.3, -0.25) is 11.3 Å². The summed E-state index contributed by atoms with van der Waals surface area (Å²) in [5.74, 6) is 6.52. The number of hydrazine groups is 1. The number of halogens is 3. The van der Waals surface area contributed by atoms with Crippen LogP contribution in [-0.2, 0) is 6.42 Å². The Labute approximate surface area is 146 Å². The Kier molecular flexibility index (Phi) is 6.08. The molecule has 0 spiro atoms. The number of hydrogen-bond donors (Lipinski definition) is 2. The van der Waals surface area contributed by atoms with E-state index in [1.54, 1.807) is 7.11 Å². The number of methoxy groups -OCH3 is 1. The molecule has 3 nitrogen and oxygen atoms in total. The minimum Gasteiger partial charge on any atom is -0.496 e. The molecule has 2 aromatic rings. The zero-order chi connectivity index (χ0) is 15.4. The third-order valence-electron chi connectivity index (χ3n) is 3.20. The molecule has 0 aromatic heterocycles. The van der Waals surface area contributed by atoms with Gasteiger partial charge in [-0.05, 0) is 57.7 Å². The summed E-state index contributed by atoms with van der Waals surface area (Å²) >= 11 is 13.0. The van der Waals surface area contributed by atoms with Crippen LogP contribution in [0, 0.1) is 0 Å². The molecule has 6 heteroatoms. The molecule has 0 aliphatic rings. The predicted molar refractivity (Wildman–Crippen MR) is 93.6 cm³/mol. The minimum atomic E-state index is -0.0167. The predicted octanol–water partition coefficient (Wildman–Crippen LogP) is 4.62. The fourth-order valence-corrected chi connectivity index (χ4v) is 3.66. The van der Waals surface area contributed by atoms with Crippen molar-refractivity contribution in [1.29, 1.82) is 0 Å². The summed E-state index contributed by atoms with van der Waals surface area (Å²) in [4.78, 5) is 0. The van der Waals surface area contributed by atoms with Crippen molar-refractivity contribution < 1.29 is 4.74 Å². The van der Waals surface area contributed by atoms with Crippen LogP contribution < -0.4 is 16.0 Å². The van der Waals surface area contributed by atoms with Gasteiger partial charge in [0.05, 0.1) is 17.6 Å². The smallest absolute Gasteiger partial charge is 0.133 e. The summed E-state index contributed by atoms with van der Waals surface area (Å²) in [6.07, 6.45) is 0.749. The normalized spacial score (nSPS) is 12.2. The van der Waals surface area contributed by atoms with E-state index in [1.165, 1.54) is 0 Å². The average molecular weight is 435 g/mol. The summed E-state index contributed by atoms with van der Waals surface area (Å²) in [5.41, 5.74) is 5.07. The highest BCUT2D eigenvalue weighted by molar-refractivity contribution is 9.10. The second-order valence-corrected chi connectivity index (χ2v) is 6.70. The van der Waals surface area contributed by atoms with Crippen LogP contribution in [0.2, 0.25) is 5.02 Å². The molecule has 0 saturated carbocycles. The molecular weight excluding hydrogens is 419 g/mol. The Morgan fingerprint density at radius 1 is 1.19 bits per heavy atom. The van der Waals surface area contributed by atoms with E-state index in [0.29, 0.717) is 5.02 Å². The van der Waals surface area contributed by atoms with E-state index in [-0.39, 0.29) is 6.04 Å². The third-order valence-corrected chi connectivity index (χ3v) is 4.74. The molecule has 2 aromatic carbocycles. The van der Waals surface area contributed by atoms with Gasteiger partial charge in [0.25, 0.3) is 0 Å². The van der Waals surface area contributed by atoms with Gasteiger partial charge in [0.2, 0.25) is 0 Å². The van der Waals surface area contributed by atoms with Gasteiger partial charge in [-0.25, -0.2) is 0 Å². The number of benzene rings is 2. The van der Waals surface area contributed by atoms with Crippen LogP contribution in [-0.4, -0.2) is 7.11 Å². The largest absolute Gasteiger partial charge is 0.496 e. The second kappa shape index (κ2) is 7.61. The van der Waals surface area contributed by atoms with Crippen LogP contribution in [0.1, 0.15) is 17.2 Å². The maximum Gasteiger partial charge on any atom is 0.133 e. The van der Waals surface area contributed by atoms with Crippen molar-refractivity contribution in [3.63, 3.8) is 0 Å². The standard InChI is InChI=1S/C15H15Br2ClN2O/c1-21-15-5-2-9(6-13(15)17)7-14(20-19)11-4-3-10(18)8-12(11)16/h2-6,8,14,20H,7,19H2,1H3. The molecule has 0 aliphatic heterocycles. The van der Waals surface area contributed by atoms with Crippen LogP contribution in [0.5, 0.6) is 5.75 Å². The molecule has 0 bridgehead atoms. The van der Waals surface area contributed by atoms with Crippen LogP contribution in [0.4, 0.5) is 0 Å². The Morgan fingerprint density at radius 2 is 1.95 bits per heavy atom. The van der Waals surface area contributed by atoms with Crippen molar-refractivity contribution in [2.75, 3.05) is 7.11 Å². The Balaban J connectivity index is 2.24. The molecule has 1 atom stereocenters. The van der Waals surface area contributed by atoms with Gasteiger partial charge in [0, 0.05) is 9.50 Å². The summed E-state index contributed by atoms with van der Waals surface area (Å²) < 4.78 is 7.10. The van der Waals surface area contributed by atoms with E-state index in [4.69, 9.17) is 22.2 Å². The van der Waals surface area contributed by atoms with Crippen LogP contribution in [0.3, 0.4) is 0 Å². The van der Waals surface area contributed by atoms with Gasteiger partial charge in [-0.2, -0.15) is 0 Å². The average Bonchev–Trinajstić information content (AvgIpc) is 2.45. The van der Waals surface area contributed by atoms with Gasteiger partial charge < -0.3 is 4.74 Å². The highest BCUT2D eigenvalue weighted by Crippen LogP contribution is 2.31. The van der Waals surface area contributed by atoms with Crippen molar-refractivity contribution in [2.24, 2.45) is 5.84 Å². The monoisotopic (exact) mass is 432 g/mol. The maximum atomic E-state index is 5.98. The van der Waals surface area contributed by atoms with E-state index in [2.05, 4.69) is 37.3 Å². The second-order valence-electron chi connectivity index (χ2n) is 4.56. The molecule has 0 radical (unpaired) electrons. The number of hydrogen-bond acceptors (Lipinski definition) is 3. The SMILES string of the molecule is COc1ccc(CC(NN)c2ccc(Cl)cc2Br)cc1Br. The lowest BCUT2D eigenvalue weighted by Crippen LogP contribution is -2.29. The van der Waals surface area contributed by atoms with Crippen molar-refractivity contribution in [2.45, 2.75) is 12.5 Å². The van der Waals surface area contributed by atoms with Crippen molar-refractivity contribution >= 4 is 43.5 Å². The van der Waals surface area contributed by atoms with Crippen LogP contribution >= 0.6 is 43.5 Å². The lowest BCUT2D eigenvalue weighted by atomic mass is 9.99.